The number of non-ortho nitro benzene ring substituents is 1. The summed E-state index contributed by atoms with van der Waals surface area (Å²) in [6, 6.07) is 14.6. The molecule has 1 aliphatic heterocycles. The molecular weight excluding hydrogens is 461 g/mol. The molecule has 3 aromatic carbocycles. The monoisotopic (exact) mass is 475 g/mol. The minimum atomic E-state index is -1.11. The molecule has 10 nitrogen and oxygen atoms in total. The normalized spacial score (nSPS) is 14.6. The van der Waals surface area contributed by atoms with Crippen molar-refractivity contribution in [1.82, 2.24) is 5.32 Å². The fourth-order valence-electron chi connectivity index (χ4n) is 3.24. The molecular formula is C24H14FN3O7. The molecule has 1 fully saturated rings. The third kappa shape index (κ3) is 4.64. The van der Waals surface area contributed by atoms with Crippen molar-refractivity contribution in [3.05, 3.63) is 105 Å². The zero-order valence-electron chi connectivity index (χ0n) is 17.6. The number of imide groups is 2. The molecule has 0 unspecified atom stereocenters. The van der Waals surface area contributed by atoms with Gasteiger partial charge < -0.3 is 4.74 Å². The number of hydrogen-bond donors (Lipinski definition) is 1. The number of nitro groups is 1. The maximum atomic E-state index is 14.2. The highest BCUT2D eigenvalue weighted by Gasteiger charge is 2.38. The van der Waals surface area contributed by atoms with Crippen molar-refractivity contribution in [2.24, 2.45) is 0 Å². The highest BCUT2D eigenvalue weighted by molar-refractivity contribution is 6.39. The van der Waals surface area contributed by atoms with Crippen LogP contribution in [0.1, 0.15) is 15.9 Å². The Labute approximate surface area is 196 Å². The number of carbonyl (C=O) groups excluding carboxylic acids is 4. The van der Waals surface area contributed by atoms with E-state index < -0.39 is 40.1 Å². The van der Waals surface area contributed by atoms with E-state index >= 15 is 0 Å². The van der Waals surface area contributed by atoms with Crippen LogP contribution in [0.15, 0.2) is 78.4 Å². The van der Waals surface area contributed by atoms with Crippen molar-refractivity contribution < 1.29 is 33.2 Å². The summed E-state index contributed by atoms with van der Waals surface area (Å²) < 4.78 is 19.6. The first-order valence-corrected chi connectivity index (χ1v) is 9.98. The van der Waals surface area contributed by atoms with Gasteiger partial charge in [-0.25, -0.2) is 18.9 Å². The highest BCUT2D eigenvalue weighted by atomic mass is 19.1. The van der Waals surface area contributed by atoms with Gasteiger partial charge in [0.1, 0.15) is 17.1 Å². The molecule has 0 atom stereocenters. The molecule has 0 aliphatic carbocycles. The second-order valence-corrected chi connectivity index (χ2v) is 7.14. The number of para-hydroxylation sites is 2. The van der Waals surface area contributed by atoms with Gasteiger partial charge in [0, 0.05) is 17.7 Å². The van der Waals surface area contributed by atoms with E-state index in [0.717, 1.165) is 24.3 Å². The van der Waals surface area contributed by atoms with Crippen LogP contribution < -0.4 is 15.0 Å². The molecule has 0 spiro atoms. The van der Waals surface area contributed by atoms with Crippen molar-refractivity contribution >= 4 is 41.3 Å². The van der Waals surface area contributed by atoms with Crippen LogP contribution in [-0.4, -0.2) is 28.7 Å². The second-order valence-electron chi connectivity index (χ2n) is 7.14. The van der Waals surface area contributed by atoms with Gasteiger partial charge in [0.15, 0.2) is 0 Å². The molecule has 3 aromatic rings. The Kier molecular flexibility index (Phi) is 6.14. The first-order chi connectivity index (χ1) is 16.8. The van der Waals surface area contributed by atoms with Crippen molar-refractivity contribution in [2.45, 2.75) is 0 Å². The molecule has 0 bridgehead atoms. The van der Waals surface area contributed by atoms with Crippen molar-refractivity contribution in [1.29, 1.82) is 0 Å². The van der Waals surface area contributed by atoms with Gasteiger partial charge in [-0.1, -0.05) is 30.3 Å². The van der Waals surface area contributed by atoms with Crippen LogP contribution in [0.25, 0.3) is 6.08 Å². The number of urea groups is 1. The molecule has 0 aromatic heterocycles. The summed E-state index contributed by atoms with van der Waals surface area (Å²) in [6.45, 7) is 0. The van der Waals surface area contributed by atoms with Gasteiger partial charge in [0.05, 0.1) is 16.2 Å². The lowest BCUT2D eigenvalue weighted by Gasteiger charge is -2.26. The van der Waals surface area contributed by atoms with Crippen LogP contribution in [0.3, 0.4) is 0 Å². The third-order valence-electron chi connectivity index (χ3n) is 4.93. The number of rotatable bonds is 5. The standard InChI is InChI=1S/C24H14FN3O7/c25-18-6-2-3-7-19(18)27-22(30)17(21(29)26-24(27)32)13-15-5-1-4-8-20(15)35-23(31)14-9-11-16(12-10-14)28(33)34/h1-13H,(H,26,29,32)/b17-13-. The minimum Gasteiger partial charge on any atom is -0.422 e. The maximum Gasteiger partial charge on any atom is 0.343 e. The predicted octanol–water partition coefficient (Wildman–Crippen LogP) is 3.62. The molecule has 0 radical (unpaired) electrons. The summed E-state index contributed by atoms with van der Waals surface area (Å²) in [4.78, 5) is 60.9. The van der Waals surface area contributed by atoms with Crippen LogP contribution in [0.2, 0.25) is 0 Å². The average molecular weight is 475 g/mol. The van der Waals surface area contributed by atoms with Crippen molar-refractivity contribution in [2.75, 3.05) is 4.90 Å². The summed E-state index contributed by atoms with van der Waals surface area (Å²) in [7, 11) is 0. The predicted molar refractivity (Wildman–Crippen MR) is 120 cm³/mol. The SMILES string of the molecule is O=C1NC(=O)N(c2ccccc2F)C(=O)/C1=C\c1ccccc1OC(=O)c1ccc([N+](=O)[O-])cc1. The summed E-state index contributed by atoms with van der Waals surface area (Å²) in [5, 5.41) is 12.8. The summed E-state index contributed by atoms with van der Waals surface area (Å²) in [6.07, 6.45) is 1.11. The Bertz CT molecular complexity index is 1420. The van der Waals surface area contributed by atoms with Crippen molar-refractivity contribution in [3.63, 3.8) is 0 Å². The number of nitro benzene ring substituents is 1. The van der Waals surface area contributed by atoms with Gasteiger partial charge >= 0.3 is 12.0 Å². The molecule has 1 N–H and O–H groups in total. The van der Waals surface area contributed by atoms with Gasteiger partial charge in [-0.15, -0.1) is 0 Å². The fraction of sp³-hybridized carbons (Fsp3) is 0. The zero-order chi connectivity index (χ0) is 25.1. The lowest BCUT2D eigenvalue weighted by atomic mass is 10.1. The van der Waals surface area contributed by atoms with Crippen molar-refractivity contribution in [3.8, 4) is 5.75 Å². The minimum absolute atomic E-state index is 0.0286. The van der Waals surface area contributed by atoms with E-state index in [1.807, 2.05) is 5.32 Å². The Morgan fingerprint density at radius 3 is 2.31 bits per heavy atom. The highest BCUT2D eigenvalue weighted by Crippen LogP contribution is 2.27. The molecule has 4 rings (SSSR count). The van der Waals surface area contributed by atoms with E-state index in [2.05, 4.69) is 0 Å². The second kappa shape index (κ2) is 9.35. The van der Waals surface area contributed by atoms with Gasteiger partial charge in [0.2, 0.25) is 0 Å². The Morgan fingerprint density at radius 1 is 0.971 bits per heavy atom. The molecule has 0 saturated carbocycles. The molecule has 1 aliphatic rings. The number of halogens is 1. The van der Waals surface area contributed by atoms with E-state index in [1.165, 1.54) is 42.5 Å². The van der Waals surface area contributed by atoms with E-state index in [0.29, 0.717) is 4.90 Å². The fourth-order valence-corrected chi connectivity index (χ4v) is 3.24. The number of hydrogen-bond acceptors (Lipinski definition) is 7. The van der Waals surface area contributed by atoms with Crippen LogP contribution in [0.4, 0.5) is 20.6 Å². The number of amides is 4. The number of esters is 1. The van der Waals surface area contributed by atoms with Gasteiger partial charge in [-0.2, -0.15) is 0 Å². The number of benzene rings is 3. The molecule has 35 heavy (non-hydrogen) atoms. The number of ether oxygens (including phenoxy) is 1. The number of nitrogens with zero attached hydrogens (tertiary/aromatic N) is 2. The zero-order valence-corrected chi connectivity index (χ0v) is 17.6. The maximum absolute atomic E-state index is 14.2. The summed E-state index contributed by atoms with van der Waals surface area (Å²) in [5.41, 5.74) is -0.870. The first-order valence-electron chi connectivity index (χ1n) is 9.98. The molecule has 11 heteroatoms. The smallest absolute Gasteiger partial charge is 0.343 e. The lowest BCUT2D eigenvalue weighted by molar-refractivity contribution is -0.384. The summed E-state index contributed by atoms with van der Waals surface area (Å²) >= 11 is 0. The molecule has 1 saturated heterocycles. The molecule has 1 heterocycles. The lowest BCUT2D eigenvalue weighted by Crippen LogP contribution is -2.54. The average Bonchev–Trinajstić information content (AvgIpc) is 2.83. The quantitative estimate of drug-likeness (QED) is 0.149. The van der Waals surface area contributed by atoms with E-state index in [9.17, 15) is 33.7 Å². The number of barbiturate groups is 1. The topological polar surface area (TPSA) is 136 Å². The van der Waals surface area contributed by atoms with Gasteiger partial charge in [-0.05, 0) is 36.4 Å². The van der Waals surface area contributed by atoms with E-state index in [-0.39, 0.29) is 28.3 Å². The van der Waals surface area contributed by atoms with Crippen LogP contribution in [-0.2, 0) is 9.59 Å². The first kappa shape index (κ1) is 23.0. The van der Waals surface area contributed by atoms with Gasteiger partial charge in [0.25, 0.3) is 17.5 Å². The van der Waals surface area contributed by atoms with E-state index in [4.69, 9.17) is 4.74 Å². The third-order valence-corrected chi connectivity index (χ3v) is 4.93. The van der Waals surface area contributed by atoms with Crippen LogP contribution in [0, 0.1) is 15.9 Å². The number of carbonyl (C=O) groups is 4. The number of nitrogens with one attached hydrogen (secondary N) is 1. The summed E-state index contributed by atoms with van der Waals surface area (Å²) in [5.74, 6) is -3.79. The van der Waals surface area contributed by atoms with E-state index in [1.54, 1.807) is 12.1 Å². The Hall–Kier alpha value is -5.19. The Balaban J connectivity index is 1.65. The largest absolute Gasteiger partial charge is 0.422 e. The van der Waals surface area contributed by atoms with Crippen LogP contribution >= 0.6 is 0 Å². The number of anilines is 1. The Morgan fingerprint density at radius 2 is 1.63 bits per heavy atom. The van der Waals surface area contributed by atoms with Crippen LogP contribution in [0.5, 0.6) is 5.75 Å². The van der Waals surface area contributed by atoms with Gasteiger partial charge in [-0.3, -0.25) is 25.0 Å². The molecule has 4 amide bonds. The molecule has 174 valence electrons.